The molecule has 6 nitrogen and oxygen atoms in total. The van der Waals surface area contributed by atoms with Crippen molar-refractivity contribution in [3.05, 3.63) is 42.1 Å². The molecule has 0 radical (unpaired) electrons. The number of aromatic nitrogens is 2. The monoisotopic (exact) mass is 331 g/mol. The molecule has 0 aliphatic carbocycles. The summed E-state index contributed by atoms with van der Waals surface area (Å²) in [6.45, 7) is 8.96. The largest absolute Gasteiger partial charge is 0.491 e. The second-order valence-corrected chi connectivity index (χ2v) is 6.74. The minimum Gasteiger partial charge on any atom is -0.491 e. The molecular formula is C18H25N3O3. The van der Waals surface area contributed by atoms with Crippen molar-refractivity contribution in [2.45, 2.75) is 45.4 Å². The van der Waals surface area contributed by atoms with E-state index in [1.807, 2.05) is 37.3 Å². The van der Waals surface area contributed by atoms with E-state index in [0.29, 0.717) is 24.9 Å². The number of morpholine rings is 1. The highest BCUT2D eigenvalue weighted by molar-refractivity contribution is 5.20. The van der Waals surface area contributed by atoms with Gasteiger partial charge in [-0.15, -0.1) is 10.2 Å². The molecule has 0 saturated carbocycles. The van der Waals surface area contributed by atoms with Crippen molar-refractivity contribution >= 4 is 0 Å². The number of benzene rings is 1. The van der Waals surface area contributed by atoms with Crippen molar-refractivity contribution in [1.29, 1.82) is 0 Å². The van der Waals surface area contributed by atoms with Gasteiger partial charge in [0.2, 0.25) is 11.8 Å². The number of rotatable bonds is 6. The summed E-state index contributed by atoms with van der Waals surface area (Å²) in [4.78, 5) is 2.29. The van der Waals surface area contributed by atoms with Crippen LogP contribution in [0, 0.1) is 0 Å². The highest BCUT2D eigenvalue weighted by atomic mass is 16.5. The van der Waals surface area contributed by atoms with Gasteiger partial charge in [0.15, 0.2) is 0 Å². The van der Waals surface area contributed by atoms with Crippen LogP contribution in [0.15, 0.2) is 34.7 Å². The lowest BCUT2D eigenvalue weighted by Crippen LogP contribution is -2.53. The van der Waals surface area contributed by atoms with E-state index in [1.165, 1.54) is 0 Å². The molecule has 2 aromatic rings. The van der Waals surface area contributed by atoms with E-state index in [0.717, 1.165) is 25.3 Å². The molecule has 1 atom stereocenters. The minimum atomic E-state index is -0.240. The first kappa shape index (κ1) is 16.9. The maximum Gasteiger partial charge on any atom is 0.230 e. The highest BCUT2D eigenvalue weighted by Gasteiger charge is 2.34. The number of ether oxygens (including phenoxy) is 2. The third-order valence-electron chi connectivity index (χ3n) is 3.90. The van der Waals surface area contributed by atoms with Crippen molar-refractivity contribution < 1.29 is 13.9 Å². The molecule has 0 N–H and O–H groups in total. The number of hydrogen-bond donors (Lipinski definition) is 0. The third-order valence-corrected chi connectivity index (χ3v) is 3.90. The van der Waals surface area contributed by atoms with Crippen LogP contribution in [0.3, 0.4) is 0 Å². The summed E-state index contributed by atoms with van der Waals surface area (Å²) in [7, 11) is 0. The van der Waals surface area contributed by atoms with Crippen LogP contribution in [0.1, 0.15) is 32.6 Å². The van der Waals surface area contributed by atoms with E-state index in [2.05, 4.69) is 28.9 Å². The van der Waals surface area contributed by atoms with E-state index in [1.54, 1.807) is 0 Å². The molecule has 2 heterocycles. The van der Waals surface area contributed by atoms with Gasteiger partial charge >= 0.3 is 0 Å². The van der Waals surface area contributed by atoms with Crippen molar-refractivity contribution in [2.75, 3.05) is 19.7 Å². The highest BCUT2D eigenvalue weighted by Crippen LogP contribution is 2.23. The van der Waals surface area contributed by atoms with Crippen LogP contribution in [0.25, 0.3) is 0 Å². The zero-order chi connectivity index (χ0) is 17.0. The Labute approximate surface area is 142 Å². The Hall–Kier alpha value is -1.92. The Balaban J connectivity index is 1.59. The van der Waals surface area contributed by atoms with Gasteiger partial charge in [-0.3, -0.25) is 4.90 Å². The molecule has 0 unspecified atom stereocenters. The van der Waals surface area contributed by atoms with Gasteiger partial charge in [0.05, 0.1) is 12.1 Å². The number of hydrogen-bond acceptors (Lipinski definition) is 6. The van der Waals surface area contributed by atoms with Crippen LogP contribution in [0.4, 0.5) is 0 Å². The average molecular weight is 331 g/mol. The Bertz CT molecular complexity index is 642. The van der Waals surface area contributed by atoms with Gasteiger partial charge < -0.3 is 13.9 Å². The van der Waals surface area contributed by atoms with Crippen LogP contribution in [0.2, 0.25) is 0 Å². The molecule has 1 fully saturated rings. The van der Waals surface area contributed by atoms with Crippen molar-refractivity contribution in [1.82, 2.24) is 15.1 Å². The first-order chi connectivity index (χ1) is 11.5. The van der Waals surface area contributed by atoms with E-state index in [4.69, 9.17) is 13.9 Å². The molecule has 0 spiro atoms. The summed E-state index contributed by atoms with van der Waals surface area (Å²) >= 11 is 0. The van der Waals surface area contributed by atoms with E-state index < -0.39 is 0 Å². The smallest absolute Gasteiger partial charge is 0.230 e. The lowest BCUT2D eigenvalue weighted by atomic mass is 10.1. The summed E-state index contributed by atoms with van der Waals surface area (Å²) in [5.74, 6) is 2.20. The van der Waals surface area contributed by atoms with Gasteiger partial charge in [0.25, 0.3) is 0 Å². The molecule has 1 aromatic heterocycles. The quantitative estimate of drug-likeness (QED) is 0.811. The summed E-state index contributed by atoms with van der Waals surface area (Å²) < 4.78 is 17.6. The summed E-state index contributed by atoms with van der Waals surface area (Å²) in [6, 6.07) is 9.82. The fourth-order valence-electron chi connectivity index (χ4n) is 3.02. The van der Waals surface area contributed by atoms with E-state index in [-0.39, 0.29) is 11.7 Å². The molecule has 1 saturated heterocycles. The molecule has 6 heteroatoms. The lowest BCUT2D eigenvalue weighted by molar-refractivity contribution is -0.148. The second kappa shape index (κ2) is 7.32. The molecule has 3 rings (SSSR count). The average Bonchev–Trinajstić information content (AvgIpc) is 3.00. The Morgan fingerprint density at radius 1 is 1.21 bits per heavy atom. The predicted octanol–water partition coefficient (Wildman–Crippen LogP) is 2.69. The molecule has 130 valence electrons. The Kier molecular flexibility index (Phi) is 5.16. The second-order valence-electron chi connectivity index (χ2n) is 6.74. The van der Waals surface area contributed by atoms with Crippen LogP contribution < -0.4 is 4.74 Å². The zero-order valence-electron chi connectivity index (χ0n) is 14.6. The van der Waals surface area contributed by atoms with Crippen LogP contribution in [0.5, 0.6) is 5.75 Å². The predicted molar refractivity (Wildman–Crippen MR) is 89.8 cm³/mol. The van der Waals surface area contributed by atoms with Gasteiger partial charge in [-0.2, -0.15) is 0 Å². The fourth-order valence-corrected chi connectivity index (χ4v) is 3.02. The first-order valence-electron chi connectivity index (χ1n) is 8.43. The van der Waals surface area contributed by atoms with Crippen LogP contribution in [-0.4, -0.2) is 46.5 Å². The Morgan fingerprint density at radius 2 is 1.96 bits per heavy atom. The summed E-state index contributed by atoms with van der Waals surface area (Å²) in [6.07, 6.45) is 0.761. The van der Waals surface area contributed by atoms with Gasteiger partial charge in [0, 0.05) is 19.5 Å². The maximum atomic E-state index is 6.16. The van der Waals surface area contributed by atoms with Gasteiger partial charge in [-0.05, 0) is 26.0 Å². The fraction of sp³-hybridized carbons (Fsp3) is 0.556. The molecule has 24 heavy (non-hydrogen) atoms. The van der Waals surface area contributed by atoms with Gasteiger partial charge in [0.1, 0.15) is 18.5 Å². The standard InChI is InChI=1S/C18H25N3O3/c1-4-16-19-20-17(23-16)11-21-10-15(24-18(2,3)13-21)12-22-14-8-6-5-7-9-14/h5-9,15H,4,10-13H2,1-3H3/t15-/m0/s1. The topological polar surface area (TPSA) is 60.6 Å². The van der Waals surface area contributed by atoms with Crippen LogP contribution >= 0.6 is 0 Å². The molecule has 1 aromatic carbocycles. The number of nitrogens with zero attached hydrogens (tertiary/aromatic N) is 3. The molecule has 0 bridgehead atoms. The Morgan fingerprint density at radius 3 is 2.67 bits per heavy atom. The van der Waals surface area contributed by atoms with Crippen LogP contribution in [-0.2, 0) is 17.7 Å². The zero-order valence-corrected chi connectivity index (χ0v) is 14.6. The first-order valence-corrected chi connectivity index (χ1v) is 8.43. The SMILES string of the molecule is CCc1nnc(CN2C[C@@H](COc3ccccc3)OC(C)(C)C2)o1. The third kappa shape index (κ3) is 4.55. The number of para-hydroxylation sites is 1. The molecular weight excluding hydrogens is 306 g/mol. The summed E-state index contributed by atoms with van der Waals surface area (Å²) in [5, 5.41) is 8.15. The van der Waals surface area contributed by atoms with Crippen molar-refractivity contribution in [3.63, 3.8) is 0 Å². The normalized spacial score (nSPS) is 20.9. The summed E-state index contributed by atoms with van der Waals surface area (Å²) in [5.41, 5.74) is -0.240. The van der Waals surface area contributed by atoms with Crippen molar-refractivity contribution in [2.24, 2.45) is 0 Å². The number of aryl methyl sites for hydroxylation is 1. The van der Waals surface area contributed by atoms with Gasteiger partial charge in [-0.1, -0.05) is 25.1 Å². The molecule has 0 amide bonds. The minimum absolute atomic E-state index is 0.00234. The van der Waals surface area contributed by atoms with E-state index >= 15 is 0 Å². The van der Waals surface area contributed by atoms with E-state index in [9.17, 15) is 0 Å². The molecule has 1 aliphatic rings. The van der Waals surface area contributed by atoms with Crippen molar-refractivity contribution in [3.8, 4) is 5.75 Å². The van der Waals surface area contributed by atoms with Gasteiger partial charge in [-0.25, -0.2) is 0 Å². The molecule has 1 aliphatic heterocycles. The lowest BCUT2D eigenvalue weighted by Gasteiger charge is -2.42. The maximum absolute atomic E-state index is 6.16.